The summed E-state index contributed by atoms with van der Waals surface area (Å²) in [6.45, 7) is 0. The van der Waals surface area contributed by atoms with Crippen molar-refractivity contribution in [2.75, 3.05) is 0 Å². The van der Waals surface area contributed by atoms with Gasteiger partial charge in [0.15, 0.2) is 0 Å². The van der Waals surface area contributed by atoms with Crippen LogP contribution in [0.3, 0.4) is 0 Å². The summed E-state index contributed by atoms with van der Waals surface area (Å²) in [4.78, 5) is 0. The molecule has 0 saturated heterocycles. The van der Waals surface area contributed by atoms with Gasteiger partial charge in [0.2, 0.25) is 0 Å². The molecule has 4 heavy (non-hydrogen) atoms. The molecule has 0 atom stereocenters. The molecule has 0 unspecified atom stereocenters. The van der Waals surface area contributed by atoms with Crippen molar-refractivity contribution in [2.45, 2.75) is 0 Å². The predicted octanol–water partition coefficient (Wildman–Crippen LogP) is -0.388. The van der Waals surface area contributed by atoms with Gasteiger partial charge in [0, 0.05) is 97.5 Å². The maximum atomic E-state index is 0. The van der Waals surface area contributed by atoms with E-state index in [1.165, 1.54) is 0 Å². The van der Waals surface area contributed by atoms with Gasteiger partial charge in [-0.05, 0) is 0 Å². The summed E-state index contributed by atoms with van der Waals surface area (Å²) in [6.07, 6.45) is 0. The monoisotopic (exact) mass is 404 g/mol. The van der Waals surface area contributed by atoms with E-state index in [9.17, 15) is 0 Å². The summed E-state index contributed by atoms with van der Waals surface area (Å²) >= 11 is 0. The van der Waals surface area contributed by atoms with Crippen molar-refractivity contribution in [2.24, 2.45) is 0 Å². The van der Waals surface area contributed by atoms with Crippen molar-refractivity contribution >= 4 is 23.1 Å². The molecule has 0 aliphatic rings. The average molecular weight is 403 g/mol. The van der Waals surface area contributed by atoms with Gasteiger partial charge in [-0.3, -0.25) is 0 Å². The van der Waals surface area contributed by atoms with Gasteiger partial charge in [-0.2, -0.15) is 0 Å². The van der Waals surface area contributed by atoms with E-state index in [1.807, 2.05) is 0 Å². The zero-order valence-electron chi connectivity index (χ0n) is 2.83. The molecule has 0 amide bonds. The Labute approximate surface area is 95.4 Å². The molecule has 0 aliphatic carbocycles. The predicted molar refractivity (Wildman–Crippen MR) is 5.75 cm³/mol. The summed E-state index contributed by atoms with van der Waals surface area (Å²) in [7, 11) is 0. The van der Waals surface area contributed by atoms with E-state index in [-0.39, 0.29) is 97.5 Å². The molecule has 8 valence electrons. The van der Waals surface area contributed by atoms with Crippen LogP contribution in [0.25, 0.3) is 0 Å². The van der Waals surface area contributed by atoms with E-state index >= 15 is 0 Å². The topological polar surface area (TPSA) is 0 Å². The molecule has 4 heteroatoms. The van der Waals surface area contributed by atoms with Crippen LogP contribution in [0.1, 0.15) is 0 Å². The second-order valence-corrected chi connectivity index (χ2v) is 0. The number of rotatable bonds is 0. The third kappa shape index (κ3) is 8.98. The summed E-state index contributed by atoms with van der Waals surface area (Å²) in [6, 6.07) is 0. The first-order valence-corrected chi connectivity index (χ1v) is 0. The fraction of sp³-hybridized carbons (Fsp3) is 0. The molecule has 2 radical (unpaired) electrons. The Bertz CT molecular complexity index is 8.00. The van der Waals surface area contributed by atoms with E-state index in [2.05, 4.69) is 0 Å². The van der Waals surface area contributed by atoms with E-state index in [0.29, 0.717) is 0 Å². The molecule has 0 N–H and O–H groups in total. The van der Waals surface area contributed by atoms with Crippen LogP contribution in [0, 0.1) is 0 Å². The van der Waals surface area contributed by atoms with Crippen LogP contribution in [0.2, 0.25) is 0 Å². The SMILES string of the molecule is [Cd].[Hg].[Mg].[Zn]. The fourth-order valence-corrected chi connectivity index (χ4v) is 0. The van der Waals surface area contributed by atoms with Crippen molar-refractivity contribution in [3.63, 3.8) is 0 Å². The first kappa shape index (κ1) is 26.8. The maximum Gasteiger partial charge on any atom is 0 e. The molecular formula is CdHgMgZn. The van der Waals surface area contributed by atoms with Crippen molar-refractivity contribution < 1.29 is 74.4 Å². The zero-order valence-corrected chi connectivity index (χ0v) is 16.7. The summed E-state index contributed by atoms with van der Waals surface area (Å²) in [5, 5.41) is 0. The minimum atomic E-state index is 0. The van der Waals surface area contributed by atoms with Crippen LogP contribution >= 0.6 is 0 Å². The van der Waals surface area contributed by atoms with Gasteiger partial charge in [0.25, 0.3) is 0 Å². The van der Waals surface area contributed by atoms with Gasteiger partial charge in [-0.15, -0.1) is 0 Å². The Morgan fingerprint density at radius 1 is 1.00 bits per heavy atom. The van der Waals surface area contributed by atoms with E-state index < -0.39 is 0 Å². The molecule has 0 aromatic carbocycles. The second-order valence-electron chi connectivity index (χ2n) is 0. The molecule has 0 heterocycles. The van der Waals surface area contributed by atoms with Crippen LogP contribution in [0.4, 0.5) is 0 Å². The van der Waals surface area contributed by atoms with Gasteiger partial charge in [-0.1, -0.05) is 0 Å². The van der Waals surface area contributed by atoms with Crippen molar-refractivity contribution in [1.29, 1.82) is 0 Å². The molecule has 0 spiro atoms. The van der Waals surface area contributed by atoms with Crippen LogP contribution in [-0.2, 0) is 74.4 Å². The van der Waals surface area contributed by atoms with E-state index in [0.717, 1.165) is 0 Å². The van der Waals surface area contributed by atoms with Crippen LogP contribution in [-0.4, -0.2) is 23.1 Å². The minimum Gasteiger partial charge on any atom is 0 e. The molecule has 0 aliphatic heterocycles. The average Bonchev–Trinajstić information content (AvgIpc) is 0. The van der Waals surface area contributed by atoms with E-state index in [4.69, 9.17) is 0 Å². The molecule has 0 aromatic rings. The Kier molecular flexibility index (Phi) is 109. The van der Waals surface area contributed by atoms with Crippen molar-refractivity contribution in [3.8, 4) is 0 Å². The first-order chi connectivity index (χ1) is 0. The van der Waals surface area contributed by atoms with Gasteiger partial charge in [0.1, 0.15) is 0 Å². The van der Waals surface area contributed by atoms with Crippen molar-refractivity contribution in [1.82, 2.24) is 0 Å². The van der Waals surface area contributed by atoms with Gasteiger partial charge in [0.05, 0.1) is 0 Å². The normalized spacial score (nSPS) is 0. The molecule has 0 rings (SSSR count). The Hall–Kier alpha value is 3.25. The third-order valence-electron chi connectivity index (χ3n) is 0. The first-order valence-electron chi connectivity index (χ1n) is 0. The standard InChI is InChI=1S/Cd.Hg.Mg.Zn. The summed E-state index contributed by atoms with van der Waals surface area (Å²) < 4.78 is 0. The van der Waals surface area contributed by atoms with Crippen LogP contribution in [0.15, 0.2) is 0 Å². The maximum absolute atomic E-state index is 0. The van der Waals surface area contributed by atoms with Crippen molar-refractivity contribution in [3.05, 3.63) is 0 Å². The van der Waals surface area contributed by atoms with Gasteiger partial charge < -0.3 is 0 Å². The Morgan fingerprint density at radius 3 is 1.00 bits per heavy atom. The molecular weight excluding hydrogens is 403 g/mol. The third-order valence-corrected chi connectivity index (χ3v) is 0. The molecule has 0 bridgehead atoms. The van der Waals surface area contributed by atoms with Gasteiger partial charge >= 0.3 is 0 Å². The van der Waals surface area contributed by atoms with Gasteiger partial charge in [-0.25, -0.2) is 0 Å². The summed E-state index contributed by atoms with van der Waals surface area (Å²) in [5.41, 5.74) is 0. The number of hydrogen-bond acceptors (Lipinski definition) is 0. The number of hydrogen-bond donors (Lipinski definition) is 0. The largest absolute Gasteiger partial charge is 0 e. The Morgan fingerprint density at radius 2 is 1.00 bits per heavy atom. The second kappa shape index (κ2) is 16.3. The molecule has 0 aromatic heterocycles. The fourth-order valence-electron chi connectivity index (χ4n) is 0. The zero-order chi connectivity index (χ0) is 0. The van der Waals surface area contributed by atoms with Crippen LogP contribution in [0.5, 0.6) is 0 Å². The molecule has 0 fully saturated rings. The van der Waals surface area contributed by atoms with E-state index in [1.54, 1.807) is 0 Å². The summed E-state index contributed by atoms with van der Waals surface area (Å²) in [5.74, 6) is 0. The van der Waals surface area contributed by atoms with Crippen LogP contribution < -0.4 is 0 Å². The minimum absolute atomic E-state index is 0. The quantitative estimate of drug-likeness (QED) is 0.484. The molecule has 0 nitrogen and oxygen atoms in total. The smallest absolute Gasteiger partial charge is 0 e. The Balaban J connectivity index is 0. The molecule has 0 saturated carbocycles.